The summed E-state index contributed by atoms with van der Waals surface area (Å²) in [7, 11) is 0. The fourth-order valence-electron chi connectivity index (χ4n) is 2.10. The van der Waals surface area contributed by atoms with Crippen LogP contribution >= 0.6 is 11.6 Å². The van der Waals surface area contributed by atoms with E-state index in [1.165, 1.54) is 4.90 Å². The van der Waals surface area contributed by atoms with Gasteiger partial charge in [0.05, 0.1) is 24.9 Å². The molecule has 106 valence electrons. The van der Waals surface area contributed by atoms with E-state index in [0.717, 1.165) is 12.0 Å². The van der Waals surface area contributed by atoms with Gasteiger partial charge in [-0.15, -0.1) is 11.6 Å². The minimum absolute atomic E-state index is 0.159. The van der Waals surface area contributed by atoms with Crippen molar-refractivity contribution in [2.24, 2.45) is 0 Å². The number of hydrogen-bond donors (Lipinski definition) is 2. The lowest BCUT2D eigenvalue weighted by Gasteiger charge is -2.31. The number of hydrogen-bond acceptors (Lipinski definition) is 3. The summed E-state index contributed by atoms with van der Waals surface area (Å²) < 4.78 is 0. The fourth-order valence-corrected chi connectivity index (χ4v) is 2.23. The number of para-hydroxylation sites is 1. The predicted octanol–water partition coefficient (Wildman–Crippen LogP) is 1.69. The van der Waals surface area contributed by atoms with Crippen LogP contribution < -0.4 is 4.90 Å². The molecule has 0 saturated heterocycles. The molecule has 1 unspecified atom stereocenters. The Morgan fingerprint density at radius 3 is 2.47 bits per heavy atom. The van der Waals surface area contributed by atoms with Crippen molar-refractivity contribution in [2.45, 2.75) is 32.9 Å². The van der Waals surface area contributed by atoms with E-state index in [4.69, 9.17) is 11.6 Å². The molecule has 1 aromatic carbocycles. The number of carbonyl (C=O) groups excluding carboxylic acids is 1. The van der Waals surface area contributed by atoms with Crippen LogP contribution in [0.15, 0.2) is 18.2 Å². The molecule has 2 N–H and O–H groups in total. The molecule has 1 aromatic rings. The number of nitrogens with zero attached hydrogens (tertiary/aromatic N) is 1. The van der Waals surface area contributed by atoms with Crippen LogP contribution in [0.3, 0.4) is 0 Å². The molecular weight excluding hydrogens is 266 g/mol. The zero-order valence-electron chi connectivity index (χ0n) is 11.3. The van der Waals surface area contributed by atoms with Gasteiger partial charge in [0.2, 0.25) is 5.91 Å². The van der Waals surface area contributed by atoms with E-state index in [2.05, 4.69) is 0 Å². The van der Waals surface area contributed by atoms with Gasteiger partial charge in [-0.1, -0.05) is 25.1 Å². The first-order valence-corrected chi connectivity index (χ1v) is 6.84. The van der Waals surface area contributed by atoms with Gasteiger partial charge in [-0.3, -0.25) is 4.79 Å². The van der Waals surface area contributed by atoms with Crippen molar-refractivity contribution in [3.63, 3.8) is 0 Å². The van der Waals surface area contributed by atoms with Gasteiger partial charge in [0.15, 0.2) is 0 Å². The van der Waals surface area contributed by atoms with Crippen LogP contribution in [0.2, 0.25) is 0 Å². The summed E-state index contributed by atoms with van der Waals surface area (Å²) in [4.78, 5) is 13.5. The Kier molecular flexibility index (Phi) is 6.28. The van der Waals surface area contributed by atoms with Crippen LogP contribution in [-0.2, 0) is 17.8 Å². The van der Waals surface area contributed by atoms with Gasteiger partial charge in [0, 0.05) is 5.56 Å². The standard InChI is InChI=1S/C14H20ClNO3/c1-3-11-5-4-6-12(9-18)14(11)16(10(2)8-17)13(19)7-15/h4-6,10,17-18H,3,7-9H2,1-2H3. The number of benzene rings is 1. The number of alkyl halides is 1. The Labute approximate surface area is 118 Å². The first-order chi connectivity index (χ1) is 9.10. The van der Waals surface area contributed by atoms with Crippen LogP contribution in [0.25, 0.3) is 0 Å². The normalized spacial score (nSPS) is 12.3. The summed E-state index contributed by atoms with van der Waals surface area (Å²) >= 11 is 5.65. The third-order valence-electron chi connectivity index (χ3n) is 3.08. The first-order valence-electron chi connectivity index (χ1n) is 6.31. The van der Waals surface area contributed by atoms with Gasteiger partial charge >= 0.3 is 0 Å². The third-order valence-corrected chi connectivity index (χ3v) is 3.31. The molecule has 5 heteroatoms. The van der Waals surface area contributed by atoms with Gasteiger partial charge in [0.1, 0.15) is 5.88 Å². The van der Waals surface area contributed by atoms with Crippen molar-refractivity contribution in [3.05, 3.63) is 29.3 Å². The van der Waals surface area contributed by atoms with Crippen molar-refractivity contribution < 1.29 is 15.0 Å². The Hall–Kier alpha value is -1.10. The van der Waals surface area contributed by atoms with Crippen molar-refractivity contribution in [2.75, 3.05) is 17.4 Å². The van der Waals surface area contributed by atoms with Crippen LogP contribution in [0.1, 0.15) is 25.0 Å². The summed E-state index contributed by atoms with van der Waals surface area (Å²) in [6.07, 6.45) is 0.730. The van der Waals surface area contributed by atoms with Gasteiger partial charge in [-0.2, -0.15) is 0 Å². The molecule has 0 fully saturated rings. The number of amides is 1. The summed E-state index contributed by atoms with van der Waals surface area (Å²) in [5.74, 6) is -0.438. The summed E-state index contributed by atoms with van der Waals surface area (Å²) in [5.41, 5.74) is 2.28. The van der Waals surface area contributed by atoms with E-state index < -0.39 is 0 Å². The highest BCUT2D eigenvalue weighted by Crippen LogP contribution is 2.28. The topological polar surface area (TPSA) is 60.8 Å². The largest absolute Gasteiger partial charge is 0.394 e. The number of aliphatic hydroxyl groups is 2. The number of aryl methyl sites for hydroxylation is 1. The first kappa shape index (κ1) is 16.0. The van der Waals surface area contributed by atoms with Crippen molar-refractivity contribution in [3.8, 4) is 0 Å². The molecule has 0 heterocycles. The maximum Gasteiger partial charge on any atom is 0.242 e. The van der Waals surface area contributed by atoms with Crippen LogP contribution in [0.5, 0.6) is 0 Å². The number of rotatable bonds is 6. The van der Waals surface area contributed by atoms with E-state index in [1.807, 2.05) is 19.1 Å². The number of anilines is 1. The second kappa shape index (κ2) is 7.48. The summed E-state index contributed by atoms with van der Waals surface area (Å²) in [6, 6.07) is 5.14. The lowest BCUT2D eigenvalue weighted by atomic mass is 10.0. The van der Waals surface area contributed by atoms with E-state index in [0.29, 0.717) is 11.3 Å². The molecule has 0 radical (unpaired) electrons. The maximum atomic E-state index is 12.1. The maximum absolute atomic E-state index is 12.1. The number of halogens is 1. The van der Waals surface area contributed by atoms with Crippen LogP contribution in [-0.4, -0.2) is 34.6 Å². The van der Waals surface area contributed by atoms with Crippen molar-refractivity contribution >= 4 is 23.2 Å². The van der Waals surface area contributed by atoms with Gasteiger partial charge in [-0.25, -0.2) is 0 Å². The Morgan fingerprint density at radius 1 is 1.37 bits per heavy atom. The van der Waals surface area contributed by atoms with Gasteiger partial charge in [-0.05, 0) is 18.9 Å². The highest BCUT2D eigenvalue weighted by molar-refractivity contribution is 6.29. The van der Waals surface area contributed by atoms with E-state index in [9.17, 15) is 15.0 Å². The van der Waals surface area contributed by atoms with Crippen molar-refractivity contribution in [1.82, 2.24) is 0 Å². The molecule has 1 rings (SSSR count). The monoisotopic (exact) mass is 285 g/mol. The van der Waals surface area contributed by atoms with E-state index in [-0.39, 0.29) is 31.0 Å². The fraction of sp³-hybridized carbons (Fsp3) is 0.500. The zero-order chi connectivity index (χ0) is 14.4. The lowest BCUT2D eigenvalue weighted by Crippen LogP contribution is -2.42. The Bertz CT molecular complexity index is 414. The minimum Gasteiger partial charge on any atom is -0.394 e. The second-order valence-corrected chi connectivity index (χ2v) is 4.63. The zero-order valence-corrected chi connectivity index (χ0v) is 12.0. The molecule has 0 aliphatic carbocycles. The summed E-state index contributed by atoms with van der Waals surface area (Å²) in [6.45, 7) is 3.41. The van der Waals surface area contributed by atoms with Crippen LogP contribution in [0, 0.1) is 0 Å². The number of aliphatic hydroxyl groups excluding tert-OH is 2. The molecule has 0 spiro atoms. The smallest absolute Gasteiger partial charge is 0.242 e. The Balaban J connectivity index is 3.39. The molecule has 0 bridgehead atoms. The lowest BCUT2D eigenvalue weighted by molar-refractivity contribution is -0.116. The molecular formula is C14H20ClNO3. The van der Waals surface area contributed by atoms with Gasteiger partial charge in [0.25, 0.3) is 0 Å². The van der Waals surface area contributed by atoms with Gasteiger partial charge < -0.3 is 15.1 Å². The molecule has 0 aliphatic rings. The van der Waals surface area contributed by atoms with E-state index >= 15 is 0 Å². The molecule has 1 atom stereocenters. The highest BCUT2D eigenvalue weighted by Gasteiger charge is 2.24. The quantitative estimate of drug-likeness (QED) is 0.782. The summed E-state index contributed by atoms with van der Waals surface area (Å²) in [5, 5.41) is 18.8. The molecule has 1 amide bonds. The molecule has 0 aliphatic heterocycles. The van der Waals surface area contributed by atoms with Crippen molar-refractivity contribution in [1.29, 1.82) is 0 Å². The van der Waals surface area contributed by atoms with Crippen LogP contribution in [0.4, 0.5) is 5.69 Å². The average Bonchev–Trinajstić information content (AvgIpc) is 2.46. The molecule has 19 heavy (non-hydrogen) atoms. The Morgan fingerprint density at radius 2 is 2.00 bits per heavy atom. The average molecular weight is 286 g/mol. The highest BCUT2D eigenvalue weighted by atomic mass is 35.5. The predicted molar refractivity (Wildman–Crippen MR) is 76.5 cm³/mol. The molecule has 0 saturated carbocycles. The molecule has 0 aromatic heterocycles. The minimum atomic E-state index is -0.385. The second-order valence-electron chi connectivity index (χ2n) is 4.37. The third kappa shape index (κ3) is 3.47. The molecule has 4 nitrogen and oxygen atoms in total. The number of carbonyl (C=O) groups is 1. The SMILES string of the molecule is CCc1cccc(CO)c1N(C(=O)CCl)C(C)CO. The van der Waals surface area contributed by atoms with E-state index in [1.54, 1.807) is 13.0 Å².